The van der Waals surface area contributed by atoms with E-state index in [4.69, 9.17) is 0 Å². The monoisotopic (exact) mass is 257 g/mol. The second kappa shape index (κ2) is 4.38. The summed E-state index contributed by atoms with van der Waals surface area (Å²) >= 11 is 0. The van der Waals surface area contributed by atoms with Crippen LogP contribution in [0, 0.1) is 0 Å². The largest absolute Gasteiger partial charge is 0.371 e. The van der Waals surface area contributed by atoms with Gasteiger partial charge in [0.25, 0.3) is 5.91 Å². The van der Waals surface area contributed by atoms with Gasteiger partial charge in [-0.15, -0.1) is 5.10 Å². The molecule has 0 fully saturated rings. The van der Waals surface area contributed by atoms with Crippen molar-refractivity contribution in [2.75, 3.05) is 29.9 Å². The number of likely N-dealkylation sites (N-methyl/N-ethyl adjacent to an activating group) is 1. The number of hydrogen-bond acceptors (Lipinski definition) is 4. The Kier molecular flexibility index (Phi) is 2.70. The Morgan fingerprint density at radius 3 is 2.58 bits per heavy atom. The molecule has 3 rings (SSSR count). The third kappa shape index (κ3) is 1.95. The molecule has 0 aliphatic carbocycles. The van der Waals surface area contributed by atoms with Crippen molar-refractivity contribution < 1.29 is 4.79 Å². The van der Waals surface area contributed by atoms with E-state index < -0.39 is 0 Å². The first kappa shape index (κ1) is 11.7. The Morgan fingerprint density at radius 1 is 1.16 bits per heavy atom. The summed E-state index contributed by atoms with van der Waals surface area (Å²) in [4.78, 5) is 16.4. The zero-order valence-electron chi connectivity index (χ0n) is 10.9. The van der Waals surface area contributed by atoms with Gasteiger partial charge in [-0.3, -0.25) is 9.48 Å². The number of rotatable bonds is 1. The second-order valence-corrected chi connectivity index (χ2v) is 4.64. The van der Waals surface area contributed by atoms with Crippen LogP contribution < -0.4 is 9.80 Å². The van der Waals surface area contributed by atoms with E-state index in [1.165, 1.54) is 4.68 Å². The number of fused-ring (bicyclic) bond motifs is 1. The number of aromatic nitrogens is 3. The van der Waals surface area contributed by atoms with Gasteiger partial charge in [0.1, 0.15) is 0 Å². The third-order valence-corrected chi connectivity index (χ3v) is 3.31. The van der Waals surface area contributed by atoms with Crippen molar-refractivity contribution in [2.45, 2.75) is 0 Å². The number of carbonyl (C=O) groups excluding carboxylic acids is 1. The van der Waals surface area contributed by atoms with Crippen LogP contribution in [0.5, 0.6) is 0 Å². The summed E-state index contributed by atoms with van der Waals surface area (Å²) in [5, 5.41) is 7.70. The molecule has 19 heavy (non-hydrogen) atoms. The average Bonchev–Trinajstić information content (AvgIpc) is 2.86. The highest BCUT2D eigenvalue weighted by molar-refractivity contribution is 6.07. The van der Waals surface area contributed by atoms with Crippen molar-refractivity contribution in [3.63, 3.8) is 0 Å². The summed E-state index contributed by atoms with van der Waals surface area (Å²) in [5.74, 6) is -0.103. The van der Waals surface area contributed by atoms with Crippen molar-refractivity contribution in [3.05, 3.63) is 36.2 Å². The van der Waals surface area contributed by atoms with Crippen LogP contribution in [0.25, 0.3) is 0 Å². The molecule has 0 N–H and O–H groups in total. The highest BCUT2D eigenvalue weighted by Gasteiger charge is 2.27. The second-order valence-electron chi connectivity index (χ2n) is 4.64. The quantitative estimate of drug-likeness (QED) is 0.762. The zero-order valence-corrected chi connectivity index (χ0v) is 10.9. The molecular weight excluding hydrogens is 242 g/mol. The van der Waals surface area contributed by atoms with Gasteiger partial charge in [0.2, 0.25) is 0 Å². The molecule has 1 aliphatic rings. The van der Waals surface area contributed by atoms with Crippen LogP contribution in [-0.4, -0.2) is 41.0 Å². The lowest BCUT2D eigenvalue weighted by Gasteiger charge is -2.35. The van der Waals surface area contributed by atoms with Gasteiger partial charge in [0, 0.05) is 27.2 Å². The molecule has 0 saturated heterocycles. The number of anilines is 2. The molecule has 0 unspecified atom stereocenters. The maximum Gasteiger partial charge on any atom is 0.280 e. The van der Waals surface area contributed by atoms with E-state index in [-0.39, 0.29) is 5.91 Å². The van der Waals surface area contributed by atoms with E-state index >= 15 is 0 Å². The number of aryl methyl sites for hydroxylation is 1. The Labute approximate surface area is 111 Å². The highest BCUT2D eigenvalue weighted by Crippen LogP contribution is 2.32. The van der Waals surface area contributed by atoms with Crippen LogP contribution >= 0.6 is 0 Å². The van der Waals surface area contributed by atoms with Gasteiger partial charge >= 0.3 is 0 Å². The molecule has 1 aliphatic heterocycles. The minimum absolute atomic E-state index is 0.103. The van der Waals surface area contributed by atoms with E-state index in [1.807, 2.05) is 31.3 Å². The van der Waals surface area contributed by atoms with Crippen molar-refractivity contribution in [1.82, 2.24) is 15.0 Å². The van der Waals surface area contributed by atoms with Gasteiger partial charge in [-0.1, -0.05) is 17.3 Å². The number of carbonyl (C=O) groups is 1. The van der Waals surface area contributed by atoms with Crippen molar-refractivity contribution in [2.24, 2.45) is 7.05 Å². The first-order chi connectivity index (χ1) is 9.16. The molecule has 1 aromatic heterocycles. The molecule has 6 nitrogen and oxygen atoms in total. The topological polar surface area (TPSA) is 54.3 Å². The molecule has 2 aromatic rings. The minimum Gasteiger partial charge on any atom is -0.371 e. The van der Waals surface area contributed by atoms with E-state index in [0.717, 1.165) is 17.9 Å². The summed E-state index contributed by atoms with van der Waals surface area (Å²) in [5.41, 5.74) is 2.36. The van der Waals surface area contributed by atoms with Crippen LogP contribution in [-0.2, 0) is 7.05 Å². The molecule has 6 heteroatoms. The Bertz CT molecular complexity index is 621. The summed E-state index contributed by atoms with van der Waals surface area (Å²) in [7, 11) is 3.78. The lowest BCUT2D eigenvalue weighted by atomic mass is 10.1. The summed E-state index contributed by atoms with van der Waals surface area (Å²) in [6.07, 6.45) is 1.64. The molecule has 0 atom stereocenters. The van der Waals surface area contributed by atoms with Gasteiger partial charge in [-0.2, -0.15) is 0 Å². The fraction of sp³-hybridized carbons (Fsp3) is 0.308. The van der Waals surface area contributed by atoms with Crippen LogP contribution in [0.1, 0.15) is 10.5 Å². The van der Waals surface area contributed by atoms with Gasteiger partial charge in [0.15, 0.2) is 5.69 Å². The summed E-state index contributed by atoms with van der Waals surface area (Å²) in [6, 6.07) is 7.89. The molecule has 0 spiro atoms. The van der Waals surface area contributed by atoms with Crippen LogP contribution in [0.15, 0.2) is 30.5 Å². The molecule has 1 aromatic carbocycles. The Hall–Kier alpha value is -2.37. The molecule has 0 bridgehead atoms. The predicted octanol–water partition coefficient (Wildman–Crippen LogP) is 0.912. The van der Waals surface area contributed by atoms with E-state index in [2.05, 4.69) is 15.2 Å². The number of nitrogens with zero attached hydrogens (tertiary/aromatic N) is 5. The average molecular weight is 257 g/mol. The van der Waals surface area contributed by atoms with Crippen LogP contribution in [0.3, 0.4) is 0 Å². The maximum absolute atomic E-state index is 12.5. The van der Waals surface area contributed by atoms with Gasteiger partial charge in [0.05, 0.1) is 17.6 Å². The molecule has 0 saturated carbocycles. The Morgan fingerprint density at radius 2 is 1.89 bits per heavy atom. The lowest BCUT2D eigenvalue weighted by molar-refractivity contribution is 0.0982. The van der Waals surface area contributed by atoms with Gasteiger partial charge in [-0.05, 0) is 12.1 Å². The highest BCUT2D eigenvalue weighted by atomic mass is 16.2. The molecular formula is C13H15N5O. The fourth-order valence-electron chi connectivity index (χ4n) is 2.30. The standard InChI is InChI=1S/C13H15N5O/c1-16-7-8-18(12-6-4-3-5-11(12)16)13(19)10-9-17(2)15-14-10/h3-6,9H,7-8H2,1-2H3. The van der Waals surface area contributed by atoms with Crippen LogP contribution in [0.2, 0.25) is 0 Å². The van der Waals surface area contributed by atoms with Gasteiger partial charge < -0.3 is 9.80 Å². The first-order valence-electron chi connectivity index (χ1n) is 6.15. The zero-order chi connectivity index (χ0) is 13.4. The summed E-state index contributed by atoms with van der Waals surface area (Å²) < 4.78 is 1.54. The van der Waals surface area contributed by atoms with Crippen molar-refractivity contribution in [3.8, 4) is 0 Å². The molecule has 1 amide bonds. The van der Waals surface area contributed by atoms with Crippen molar-refractivity contribution >= 4 is 17.3 Å². The van der Waals surface area contributed by atoms with Gasteiger partial charge in [-0.25, -0.2) is 0 Å². The third-order valence-electron chi connectivity index (χ3n) is 3.31. The molecule has 2 heterocycles. The fourth-order valence-corrected chi connectivity index (χ4v) is 2.30. The first-order valence-corrected chi connectivity index (χ1v) is 6.15. The number of amides is 1. The minimum atomic E-state index is -0.103. The van der Waals surface area contributed by atoms with Crippen LogP contribution in [0.4, 0.5) is 11.4 Å². The maximum atomic E-state index is 12.5. The number of para-hydroxylation sites is 2. The molecule has 98 valence electrons. The van der Waals surface area contributed by atoms with E-state index in [0.29, 0.717) is 12.2 Å². The van der Waals surface area contributed by atoms with E-state index in [1.54, 1.807) is 18.1 Å². The predicted molar refractivity (Wildman–Crippen MR) is 72.4 cm³/mol. The Balaban J connectivity index is 1.98. The number of benzene rings is 1. The smallest absolute Gasteiger partial charge is 0.280 e. The normalized spacial score (nSPS) is 14.4. The summed E-state index contributed by atoms with van der Waals surface area (Å²) in [6.45, 7) is 1.46. The van der Waals surface area contributed by atoms with Crippen molar-refractivity contribution in [1.29, 1.82) is 0 Å². The number of hydrogen-bond donors (Lipinski definition) is 0. The van der Waals surface area contributed by atoms with E-state index in [9.17, 15) is 4.79 Å². The SMILES string of the molecule is CN1CCN(C(=O)c2cn(C)nn2)c2ccccc21. The lowest BCUT2D eigenvalue weighted by Crippen LogP contribution is -2.42. The molecule has 0 radical (unpaired) electrons.